The number of carbonyl (C=O) groups excluding carboxylic acids is 1. The first kappa shape index (κ1) is 24.8. The van der Waals surface area contributed by atoms with Crippen LogP contribution in [-0.2, 0) is 11.3 Å². The van der Waals surface area contributed by atoms with E-state index in [2.05, 4.69) is 51.5 Å². The van der Waals surface area contributed by atoms with Crippen LogP contribution in [0.15, 0.2) is 54.7 Å². The molecule has 0 bridgehead atoms. The first-order valence-corrected chi connectivity index (χ1v) is 13.2. The Hall–Kier alpha value is -2.90. The van der Waals surface area contributed by atoms with Gasteiger partial charge in [0.15, 0.2) is 0 Å². The van der Waals surface area contributed by atoms with E-state index in [0.29, 0.717) is 18.4 Å². The molecule has 1 amide bonds. The van der Waals surface area contributed by atoms with Gasteiger partial charge in [0.1, 0.15) is 11.6 Å². The summed E-state index contributed by atoms with van der Waals surface area (Å²) in [5.74, 6) is 0.457. The van der Waals surface area contributed by atoms with Crippen molar-refractivity contribution in [2.24, 2.45) is 11.8 Å². The zero-order chi connectivity index (χ0) is 24.9. The number of aromatic amines is 1. The van der Waals surface area contributed by atoms with E-state index in [1.165, 1.54) is 35.9 Å². The van der Waals surface area contributed by atoms with E-state index in [-0.39, 0.29) is 23.6 Å². The molecule has 7 heteroatoms. The summed E-state index contributed by atoms with van der Waals surface area (Å²) in [6, 6.07) is 15.2. The summed E-state index contributed by atoms with van der Waals surface area (Å²) < 4.78 is 19.6. The number of ether oxygens (including phenoxy) is 1. The molecule has 0 saturated carbocycles. The molecule has 0 radical (unpaired) electrons. The Kier molecular flexibility index (Phi) is 7.87. The van der Waals surface area contributed by atoms with Crippen LogP contribution in [0.1, 0.15) is 31.2 Å². The molecule has 192 valence electrons. The number of aromatic nitrogens is 1. The number of hydrogen-bond donors (Lipinski definition) is 2. The normalized spacial score (nSPS) is 23.2. The molecular weight excluding hydrogens is 455 g/mol. The largest absolute Gasteiger partial charge is 0.493 e. The molecule has 5 rings (SSSR count). The molecule has 6 nitrogen and oxygen atoms in total. The quantitative estimate of drug-likeness (QED) is 0.464. The fourth-order valence-electron chi connectivity index (χ4n) is 5.87. The number of amides is 1. The first-order valence-electron chi connectivity index (χ1n) is 13.2. The van der Waals surface area contributed by atoms with Crippen LogP contribution >= 0.6 is 0 Å². The Morgan fingerprint density at radius 2 is 2.08 bits per heavy atom. The van der Waals surface area contributed by atoms with Crippen molar-refractivity contribution in [2.45, 2.75) is 38.3 Å². The lowest BCUT2D eigenvalue weighted by atomic mass is 9.88. The number of H-pyrrole nitrogens is 1. The van der Waals surface area contributed by atoms with Crippen LogP contribution in [-0.4, -0.2) is 66.6 Å². The number of likely N-dealkylation sites (tertiary alicyclic amines) is 2. The zero-order valence-electron chi connectivity index (χ0n) is 21.1. The van der Waals surface area contributed by atoms with Gasteiger partial charge in [-0.05, 0) is 63.0 Å². The second kappa shape index (κ2) is 11.4. The topological polar surface area (TPSA) is 60.6 Å². The third-order valence-electron chi connectivity index (χ3n) is 7.78. The van der Waals surface area contributed by atoms with E-state index < -0.39 is 0 Å². The van der Waals surface area contributed by atoms with Gasteiger partial charge in [-0.15, -0.1) is 0 Å². The fourth-order valence-corrected chi connectivity index (χ4v) is 5.87. The number of para-hydroxylation sites is 1. The van der Waals surface area contributed by atoms with Gasteiger partial charge in [0, 0.05) is 61.3 Å². The van der Waals surface area contributed by atoms with E-state index >= 15 is 0 Å². The van der Waals surface area contributed by atoms with Gasteiger partial charge in [-0.3, -0.25) is 9.69 Å². The number of halogens is 1. The standard InChI is InChI=1S/C29H37FN4O2/c1-33-13-5-7-25(33)11-12-31-29(35)22-14-21(20-36-26-8-4-6-24(30)15-26)17-34(18-22)19-23-16-32-28-10-3-2-9-27(23)28/h2-4,6,8-10,15-16,21-22,25,32H,5,7,11-14,17-20H2,1H3,(H,31,35)/t21-,22+,25?/m0/s1. The van der Waals surface area contributed by atoms with E-state index in [0.717, 1.165) is 51.1 Å². The van der Waals surface area contributed by atoms with Crippen LogP contribution in [0.4, 0.5) is 4.39 Å². The summed E-state index contributed by atoms with van der Waals surface area (Å²) >= 11 is 0. The van der Waals surface area contributed by atoms with Crippen molar-refractivity contribution in [3.63, 3.8) is 0 Å². The third kappa shape index (κ3) is 6.08. The maximum Gasteiger partial charge on any atom is 0.224 e. The van der Waals surface area contributed by atoms with Gasteiger partial charge < -0.3 is 19.9 Å². The first-order chi connectivity index (χ1) is 17.5. The minimum absolute atomic E-state index is 0.0913. The van der Waals surface area contributed by atoms with Crippen molar-refractivity contribution in [1.29, 1.82) is 0 Å². The second-order valence-corrected chi connectivity index (χ2v) is 10.5. The number of benzene rings is 2. The van der Waals surface area contributed by atoms with Crippen LogP contribution in [0.3, 0.4) is 0 Å². The number of carbonyl (C=O) groups is 1. The minimum atomic E-state index is -0.303. The van der Waals surface area contributed by atoms with Crippen LogP contribution in [0, 0.1) is 17.7 Å². The van der Waals surface area contributed by atoms with E-state index in [9.17, 15) is 9.18 Å². The molecule has 2 N–H and O–H groups in total. The fraction of sp³-hybridized carbons (Fsp3) is 0.483. The van der Waals surface area contributed by atoms with Crippen LogP contribution < -0.4 is 10.1 Å². The Bertz CT molecular complexity index is 1160. The maximum atomic E-state index is 13.6. The number of nitrogens with one attached hydrogen (secondary N) is 2. The molecule has 3 heterocycles. The monoisotopic (exact) mass is 492 g/mol. The third-order valence-corrected chi connectivity index (χ3v) is 7.78. The van der Waals surface area contributed by atoms with Crippen LogP contribution in [0.25, 0.3) is 10.9 Å². The van der Waals surface area contributed by atoms with E-state index in [4.69, 9.17) is 4.74 Å². The van der Waals surface area contributed by atoms with Crippen molar-refractivity contribution < 1.29 is 13.9 Å². The summed E-state index contributed by atoms with van der Waals surface area (Å²) in [7, 11) is 2.17. The summed E-state index contributed by atoms with van der Waals surface area (Å²) in [5.41, 5.74) is 2.36. The molecular formula is C29H37FN4O2. The number of hydrogen-bond acceptors (Lipinski definition) is 4. The highest BCUT2D eigenvalue weighted by atomic mass is 19.1. The lowest BCUT2D eigenvalue weighted by Gasteiger charge is -2.37. The van der Waals surface area contributed by atoms with Gasteiger partial charge >= 0.3 is 0 Å². The van der Waals surface area contributed by atoms with Crippen molar-refractivity contribution >= 4 is 16.8 Å². The Morgan fingerprint density at radius 3 is 2.92 bits per heavy atom. The highest BCUT2D eigenvalue weighted by molar-refractivity contribution is 5.83. The number of fused-ring (bicyclic) bond motifs is 1. The van der Waals surface area contributed by atoms with Crippen LogP contribution in [0.5, 0.6) is 5.75 Å². The SMILES string of the molecule is CN1CCCC1CCNC(=O)[C@@H]1C[C@H](COc2cccc(F)c2)CN(Cc2c[nH]c3ccccc23)C1. The lowest BCUT2D eigenvalue weighted by molar-refractivity contribution is -0.127. The van der Waals surface area contributed by atoms with E-state index in [1.54, 1.807) is 12.1 Å². The molecule has 36 heavy (non-hydrogen) atoms. The van der Waals surface area contributed by atoms with Gasteiger partial charge in [-0.1, -0.05) is 24.3 Å². The predicted octanol–water partition coefficient (Wildman–Crippen LogP) is 4.42. The molecule has 2 aliphatic heterocycles. The van der Waals surface area contributed by atoms with Gasteiger partial charge in [0.2, 0.25) is 5.91 Å². The molecule has 1 aromatic heterocycles. The summed E-state index contributed by atoms with van der Waals surface area (Å²) in [6.07, 6.45) is 6.31. The predicted molar refractivity (Wildman–Crippen MR) is 140 cm³/mol. The highest BCUT2D eigenvalue weighted by Gasteiger charge is 2.32. The number of piperidine rings is 1. The van der Waals surface area contributed by atoms with Crippen molar-refractivity contribution in [3.05, 3.63) is 66.1 Å². The minimum Gasteiger partial charge on any atom is -0.493 e. The molecule has 1 unspecified atom stereocenters. The van der Waals surface area contributed by atoms with Crippen LogP contribution in [0.2, 0.25) is 0 Å². The Morgan fingerprint density at radius 1 is 1.19 bits per heavy atom. The molecule has 2 aliphatic rings. The summed E-state index contributed by atoms with van der Waals surface area (Å²) in [4.78, 5) is 21.4. The van der Waals surface area contributed by atoms with E-state index in [1.807, 2.05) is 6.07 Å². The average Bonchev–Trinajstić information content (AvgIpc) is 3.48. The van der Waals surface area contributed by atoms with Gasteiger partial charge in [0.25, 0.3) is 0 Å². The molecule has 0 aliphatic carbocycles. The average molecular weight is 493 g/mol. The van der Waals surface area contributed by atoms with Gasteiger partial charge in [0.05, 0.1) is 12.5 Å². The maximum absolute atomic E-state index is 13.6. The van der Waals surface area contributed by atoms with Crippen molar-refractivity contribution in [2.75, 3.05) is 39.8 Å². The molecule has 2 fully saturated rings. The van der Waals surface area contributed by atoms with Crippen molar-refractivity contribution in [1.82, 2.24) is 20.1 Å². The summed E-state index contributed by atoms with van der Waals surface area (Å²) in [6.45, 7) is 4.67. The molecule has 2 aromatic carbocycles. The molecule has 0 spiro atoms. The molecule has 3 atom stereocenters. The molecule has 2 saturated heterocycles. The smallest absolute Gasteiger partial charge is 0.224 e. The van der Waals surface area contributed by atoms with Gasteiger partial charge in [-0.2, -0.15) is 0 Å². The second-order valence-electron chi connectivity index (χ2n) is 10.5. The summed E-state index contributed by atoms with van der Waals surface area (Å²) in [5, 5.41) is 4.44. The van der Waals surface area contributed by atoms with Gasteiger partial charge in [-0.25, -0.2) is 4.39 Å². The lowest BCUT2D eigenvalue weighted by Crippen LogP contribution is -2.47. The Balaban J connectivity index is 1.23. The Labute approximate surface area is 212 Å². The zero-order valence-corrected chi connectivity index (χ0v) is 21.1. The number of rotatable bonds is 9. The molecule has 3 aromatic rings. The number of nitrogens with zero attached hydrogens (tertiary/aromatic N) is 2. The highest BCUT2D eigenvalue weighted by Crippen LogP contribution is 2.27. The van der Waals surface area contributed by atoms with Crippen molar-refractivity contribution in [3.8, 4) is 5.75 Å².